The molecule has 0 aromatic heterocycles. The van der Waals surface area contributed by atoms with Crippen LogP contribution in [0.25, 0.3) is 0 Å². The zero-order chi connectivity index (χ0) is 14.5. The third-order valence-corrected chi connectivity index (χ3v) is 3.24. The first-order valence-corrected chi connectivity index (χ1v) is 6.44. The Balaban J connectivity index is 2.08. The van der Waals surface area contributed by atoms with Gasteiger partial charge in [0.05, 0.1) is 7.11 Å². The zero-order valence-corrected chi connectivity index (χ0v) is 11.8. The van der Waals surface area contributed by atoms with Gasteiger partial charge >= 0.3 is 0 Å². The van der Waals surface area contributed by atoms with E-state index in [1.165, 1.54) is 0 Å². The third-order valence-electron chi connectivity index (χ3n) is 2.89. The third kappa shape index (κ3) is 3.42. The van der Waals surface area contributed by atoms with Crippen molar-refractivity contribution in [2.45, 2.75) is 6.54 Å². The maximum Gasteiger partial charge on any atom is 0.248 e. The summed E-state index contributed by atoms with van der Waals surface area (Å²) in [6, 6.07) is 12.6. The molecule has 3 N–H and O–H groups in total. The van der Waals surface area contributed by atoms with Crippen LogP contribution in [0.1, 0.15) is 15.9 Å². The Hall–Kier alpha value is -2.20. The van der Waals surface area contributed by atoms with Gasteiger partial charge in [0.25, 0.3) is 0 Å². The number of carbonyl (C=O) groups is 1. The molecule has 0 aliphatic heterocycles. The molecule has 104 valence electrons. The van der Waals surface area contributed by atoms with E-state index in [1.807, 2.05) is 24.3 Å². The average molecular weight is 291 g/mol. The highest BCUT2D eigenvalue weighted by atomic mass is 35.5. The minimum absolute atomic E-state index is 0.403. The van der Waals surface area contributed by atoms with Gasteiger partial charge in [0.15, 0.2) is 0 Å². The Bertz CT molecular complexity index is 629. The monoisotopic (exact) mass is 290 g/mol. The molecule has 0 radical (unpaired) electrons. The molecule has 0 saturated carbocycles. The van der Waals surface area contributed by atoms with Crippen LogP contribution in [-0.4, -0.2) is 13.0 Å². The van der Waals surface area contributed by atoms with Gasteiger partial charge in [-0.15, -0.1) is 0 Å². The van der Waals surface area contributed by atoms with Gasteiger partial charge in [-0.05, 0) is 29.8 Å². The van der Waals surface area contributed by atoms with E-state index in [4.69, 9.17) is 22.1 Å². The molecule has 0 unspecified atom stereocenters. The summed E-state index contributed by atoms with van der Waals surface area (Å²) in [6.07, 6.45) is 0. The Morgan fingerprint density at radius 2 is 2.10 bits per heavy atom. The molecule has 0 heterocycles. The van der Waals surface area contributed by atoms with Crippen molar-refractivity contribution in [3.63, 3.8) is 0 Å². The Morgan fingerprint density at radius 3 is 2.75 bits per heavy atom. The maximum atomic E-state index is 11.0. The van der Waals surface area contributed by atoms with Crippen molar-refractivity contribution in [2.24, 2.45) is 5.73 Å². The SMILES string of the molecule is COc1cccc(NCc2ccc(C(N)=O)cc2Cl)c1. The van der Waals surface area contributed by atoms with Crippen LogP contribution in [0.15, 0.2) is 42.5 Å². The molecule has 0 aliphatic carbocycles. The lowest BCUT2D eigenvalue weighted by Gasteiger charge is -2.10. The van der Waals surface area contributed by atoms with Crippen molar-refractivity contribution >= 4 is 23.2 Å². The summed E-state index contributed by atoms with van der Waals surface area (Å²) in [7, 11) is 1.62. The molecular formula is C15H15ClN2O2. The highest BCUT2D eigenvalue weighted by Crippen LogP contribution is 2.21. The number of benzene rings is 2. The first-order valence-electron chi connectivity index (χ1n) is 6.06. The molecule has 0 atom stereocenters. The van der Waals surface area contributed by atoms with Crippen LogP contribution in [0.3, 0.4) is 0 Å². The molecule has 0 fully saturated rings. The van der Waals surface area contributed by atoms with E-state index in [0.717, 1.165) is 17.0 Å². The van der Waals surface area contributed by atoms with E-state index in [9.17, 15) is 4.79 Å². The van der Waals surface area contributed by atoms with Crippen molar-refractivity contribution in [1.82, 2.24) is 0 Å². The first kappa shape index (κ1) is 14.2. The van der Waals surface area contributed by atoms with Crippen LogP contribution in [0.5, 0.6) is 5.75 Å². The fourth-order valence-electron chi connectivity index (χ4n) is 1.77. The molecule has 4 nitrogen and oxygen atoms in total. The van der Waals surface area contributed by atoms with Gasteiger partial charge in [0, 0.05) is 28.9 Å². The van der Waals surface area contributed by atoms with Gasteiger partial charge in [-0.25, -0.2) is 0 Å². The molecule has 20 heavy (non-hydrogen) atoms. The van der Waals surface area contributed by atoms with E-state index in [2.05, 4.69) is 5.32 Å². The predicted octanol–water partition coefficient (Wildman–Crippen LogP) is 3.06. The van der Waals surface area contributed by atoms with Crippen LogP contribution < -0.4 is 15.8 Å². The first-order chi connectivity index (χ1) is 9.60. The number of rotatable bonds is 5. The molecule has 1 amide bonds. The van der Waals surface area contributed by atoms with Crippen molar-refractivity contribution in [3.05, 3.63) is 58.6 Å². The number of hydrogen-bond donors (Lipinski definition) is 2. The molecule has 0 bridgehead atoms. The van der Waals surface area contributed by atoms with Crippen molar-refractivity contribution < 1.29 is 9.53 Å². The van der Waals surface area contributed by atoms with E-state index in [1.54, 1.807) is 25.3 Å². The number of halogens is 1. The van der Waals surface area contributed by atoms with Crippen LogP contribution >= 0.6 is 11.6 Å². The van der Waals surface area contributed by atoms with Crippen molar-refractivity contribution in [1.29, 1.82) is 0 Å². The highest BCUT2D eigenvalue weighted by molar-refractivity contribution is 6.31. The van der Waals surface area contributed by atoms with Crippen LogP contribution in [0.2, 0.25) is 5.02 Å². The van der Waals surface area contributed by atoms with Gasteiger partial charge in [0.1, 0.15) is 5.75 Å². The molecule has 2 aromatic rings. The van der Waals surface area contributed by atoms with Gasteiger partial charge in [-0.3, -0.25) is 4.79 Å². The lowest BCUT2D eigenvalue weighted by atomic mass is 10.1. The zero-order valence-electron chi connectivity index (χ0n) is 11.0. The Morgan fingerprint density at radius 1 is 1.30 bits per heavy atom. The van der Waals surface area contributed by atoms with Crippen LogP contribution in [0.4, 0.5) is 5.69 Å². The number of nitrogens with two attached hydrogens (primary N) is 1. The normalized spacial score (nSPS) is 10.1. The molecular weight excluding hydrogens is 276 g/mol. The number of hydrogen-bond acceptors (Lipinski definition) is 3. The molecule has 0 saturated heterocycles. The van der Waals surface area contributed by atoms with Crippen molar-refractivity contribution in [3.8, 4) is 5.75 Å². The summed E-state index contributed by atoms with van der Waals surface area (Å²) in [6.45, 7) is 0.547. The van der Waals surface area contributed by atoms with Gasteiger partial charge < -0.3 is 15.8 Å². The number of methoxy groups -OCH3 is 1. The van der Waals surface area contributed by atoms with E-state index >= 15 is 0 Å². The van der Waals surface area contributed by atoms with Gasteiger partial charge in [-0.1, -0.05) is 23.7 Å². The number of ether oxygens (including phenoxy) is 1. The Kier molecular flexibility index (Phi) is 4.48. The van der Waals surface area contributed by atoms with E-state index in [0.29, 0.717) is 17.1 Å². The standard InChI is InChI=1S/C15H15ClN2O2/c1-20-13-4-2-3-12(8-13)18-9-11-6-5-10(15(17)19)7-14(11)16/h2-8,18H,9H2,1H3,(H2,17,19). The molecule has 0 spiro atoms. The number of nitrogens with one attached hydrogen (secondary N) is 1. The fraction of sp³-hybridized carbons (Fsp3) is 0.133. The second-order valence-corrected chi connectivity index (χ2v) is 4.66. The fourth-order valence-corrected chi connectivity index (χ4v) is 2.02. The second-order valence-electron chi connectivity index (χ2n) is 4.26. The Labute approximate surface area is 122 Å². The quantitative estimate of drug-likeness (QED) is 0.889. The van der Waals surface area contributed by atoms with Crippen LogP contribution in [0, 0.1) is 0 Å². The number of amides is 1. The highest BCUT2D eigenvalue weighted by Gasteiger charge is 2.05. The van der Waals surface area contributed by atoms with E-state index in [-0.39, 0.29) is 0 Å². The summed E-state index contributed by atoms with van der Waals surface area (Å²) < 4.78 is 5.16. The topological polar surface area (TPSA) is 64.3 Å². The average Bonchev–Trinajstić information content (AvgIpc) is 2.46. The van der Waals surface area contributed by atoms with Crippen LogP contribution in [-0.2, 0) is 6.54 Å². The molecule has 5 heteroatoms. The van der Waals surface area contributed by atoms with Gasteiger partial charge in [-0.2, -0.15) is 0 Å². The summed E-state index contributed by atoms with van der Waals surface area (Å²) in [4.78, 5) is 11.0. The van der Waals surface area contributed by atoms with Gasteiger partial charge in [0.2, 0.25) is 5.91 Å². The summed E-state index contributed by atoms with van der Waals surface area (Å²) >= 11 is 6.13. The summed E-state index contributed by atoms with van der Waals surface area (Å²) in [5.41, 5.74) is 7.42. The lowest BCUT2D eigenvalue weighted by Crippen LogP contribution is -2.11. The maximum absolute atomic E-state index is 11.0. The lowest BCUT2D eigenvalue weighted by molar-refractivity contribution is 0.100. The van der Waals surface area contributed by atoms with Crippen molar-refractivity contribution in [2.75, 3.05) is 12.4 Å². The molecule has 2 rings (SSSR count). The number of primary amides is 1. The minimum atomic E-state index is -0.487. The molecule has 0 aliphatic rings. The van der Waals surface area contributed by atoms with E-state index < -0.39 is 5.91 Å². The second kappa shape index (κ2) is 6.30. The molecule has 2 aromatic carbocycles. The summed E-state index contributed by atoms with van der Waals surface area (Å²) in [5.74, 6) is 0.296. The smallest absolute Gasteiger partial charge is 0.248 e. The summed E-state index contributed by atoms with van der Waals surface area (Å²) in [5, 5.41) is 3.76. The number of anilines is 1. The predicted molar refractivity (Wildman–Crippen MR) is 80.3 cm³/mol. The largest absolute Gasteiger partial charge is 0.497 e. The number of carbonyl (C=O) groups excluding carboxylic acids is 1. The minimum Gasteiger partial charge on any atom is -0.497 e.